The summed E-state index contributed by atoms with van der Waals surface area (Å²) >= 11 is 0. The second-order valence-electron chi connectivity index (χ2n) is 0.820. The molecule has 0 heterocycles. The first-order valence-electron chi connectivity index (χ1n) is 1.55. The molecular formula is C3H9CaNO. The molecule has 0 aliphatic heterocycles. The average molecular weight is 115 g/mol. The van der Waals surface area contributed by atoms with Gasteiger partial charge in [0.05, 0.1) is 0 Å². The molecule has 2 nitrogen and oxygen atoms in total. The standard InChI is InChI=1S/C3H7NO.Ca.2H/c1-2-3(4)5;;;/h2H2,1H3,(H2,4,5);;;. The zero-order valence-electron chi connectivity index (χ0n) is 3.19. The van der Waals surface area contributed by atoms with E-state index in [1.54, 1.807) is 6.92 Å². The molecule has 0 saturated heterocycles. The number of hydrogen-bond acceptors (Lipinski definition) is 1. The van der Waals surface area contributed by atoms with E-state index in [0.717, 1.165) is 0 Å². The van der Waals surface area contributed by atoms with Crippen molar-refractivity contribution in [2.75, 3.05) is 0 Å². The van der Waals surface area contributed by atoms with Gasteiger partial charge in [-0.1, -0.05) is 6.92 Å². The summed E-state index contributed by atoms with van der Waals surface area (Å²) in [5.74, 6) is -0.245. The van der Waals surface area contributed by atoms with Crippen LogP contribution in [0.1, 0.15) is 13.3 Å². The first-order chi connectivity index (χ1) is 2.27. The molecule has 0 saturated carbocycles. The van der Waals surface area contributed by atoms with Crippen LogP contribution in [0.5, 0.6) is 0 Å². The molecular weight excluding hydrogens is 106 g/mol. The number of primary amides is 1. The Balaban J connectivity index is 0. The quantitative estimate of drug-likeness (QED) is 0.436. The van der Waals surface area contributed by atoms with Crippen LogP contribution in [-0.4, -0.2) is 43.6 Å². The van der Waals surface area contributed by atoms with Crippen LogP contribution in [0.4, 0.5) is 0 Å². The van der Waals surface area contributed by atoms with Crippen molar-refractivity contribution in [1.82, 2.24) is 0 Å². The third-order valence-corrected chi connectivity index (χ3v) is 0.348. The summed E-state index contributed by atoms with van der Waals surface area (Å²) in [6, 6.07) is 0. The summed E-state index contributed by atoms with van der Waals surface area (Å²) < 4.78 is 0. The maximum absolute atomic E-state index is 9.59. The van der Waals surface area contributed by atoms with Crippen molar-refractivity contribution in [2.24, 2.45) is 5.73 Å². The van der Waals surface area contributed by atoms with E-state index in [1.807, 2.05) is 0 Å². The normalized spacial score (nSPS) is 6.17. The summed E-state index contributed by atoms with van der Waals surface area (Å²) in [6.07, 6.45) is 0.444. The summed E-state index contributed by atoms with van der Waals surface area (Å²) in [7, 11) is 0. The molecule has 34 valence electrons. The minimum absolute atomic E-state index is 0. The number of nitrogens with two attached hydrogens (primary N) is 1. The predicted octanol–water partition coefficient (Wildman–Crippen LogP) is -1.03. The topological polar surface area (TPSA) is 43.1 Å². The van der Waals surface area contributed by atoms with Crippen molar-refractivity contribution < 1.29 is 4.79 Å². The molecule has 0 bridgehead atoms. The maximum atomic E-state index is 9.59. The van der Waals surface area contributed by atoms with Gasteiger partial charge in [-0.05, 0) is 0 Å². The van der Waals surface area contributed by atoms with Crippen LogP contribution in [0.3, 0.4) is 0 Å². The SMILES string of the molecule is CCC(N)=O.[CaH2]. The van der Waals surface area contributed by atoms with Crippen LogP contribution in [-0.2, 0) is 4.79 Å². The van der Waals surface area contributed by atoms with Gasteiger partial charge >= 0.3 is 37.7 Å². The first kappa shape index (κ1) is 9.88. The Morgan fingerprint density at radius 2 is 2.00 bits per heavy atom. The Bertz CT molecular complexity index is 46.1. The molecule has 0 aromatic carbocycles. The van der Waals surface area contributed by atoms with Crippen LogP contribution < -0.4 is 5.73 Å². The van der Waals surface area contributed by atoms with Gasteiger partial charge in [-0.15, -0.1) is 0 Å². The van der Waals surface area contributed by atoms with Gasteiger partial charge in [0.1, 0.15) is 0 Å². The molecule has 2 N–H and O–H groups in total. The van der Waals surface area contributed by atoms with E-state index in [1.165, 1.54) is 0 Å². The van der Waals surface area contributed by atoms with Gasteiger partial charge in [-0.3, -0.25) is 4.79 Å². The fourth-order valence-corrected chi connectivity index (χ4v) is 0. The fraction of sp³-hybridized carbons (Fsp3) is 0.667. The molecule has 0 aliphatic rings. The van der Waals surface area contributed by atoms with Crippen LogP contribution in [0.25, 0.3) is 0 Å². The summed E-state index contributed by atoms with van der Waals surface area (Å²) in [6.45, 7) is 1.72. The second kappa shape index (κ2) is 5.73. The predicted molar refractivity (Wildman–Crippen MR) is 28.0 cm³/mol. The monoisotopic (exact) mass is 115 g/mol. The summed E-state index contributed by atoms with van der Waals surface area (Å²) in [5.41, 5.74) is 4.65. The molecule has 0 radical (unpaired) electrons. The van der Waals surface area contributed by atoms with E-state index in [-0.39, 0.29) is 43.6 Å². The zero-order valence-corrected chi connectivity index (χ0v) is 3.19. The Kier molecular flexibility index (Phi) is 9.43. The Labute approximate surface area is 67.1 Å². The summed E-state index contributed by atoms with van der Waals surface area (Å²) in [4.78, 5) is 9.59. The number of hydrogen-bond donors (Lipinski definition) is 1. The summed E-state index contributed by atoms with van der Waals surface area (Å²) in [5, 5.41) is 0. The van der Waals surface area contributed by atoms with Gasteiger partial charge in [-0.2, -0.15) is 0 Å². The van der Waals surface area contributed by atoms with Crippen molar-refractivity contribution in [1.29, 1.82) is 0 Å². The van der Waals surface area contributed by atoms with Gasteiger partial charge < -0.3 is 5.73 Å². The second-order valence-corrected chi connectivity index (χ2v) is 0.820. The molecule has 0 unspecified atom stereocenters. The molecule has 0 aliphatic carbocycles. The molecule has 0 atom stereocenters. The zero-order chi connectivity index (χ0) is 4.28. The third-order valence-electron chi connectivity index (χ3n) is 0.348. The molecule has 6 heavy (non-hydrogen) atoms. The number of amides is 1. The fourth-order valence-electron chi connectivity index (χ4n) is 0. The Morgan fingerprint density at radius 1 is 1.83 bits per heavy atom. The molecule has 1 amide bonds. The van der Waals surface area contributed by atoms with E-state index in [9.17, 15) is 4.79 Å². The van der Waals surface area contributed by atoms with Crippen molar-refractivity contribution in [3.8, 4) is 0 Å². The van der Waals surface area contributed by atoms with Crippen molar-refractivity contribution >= 4 is 43.6 Å². The van der Waals surface area contributed by atoms with Crippen molar-refractivity contribution in [3.05, 3.63) is 0 Å². The van der Waals surface area contributed by atoms with Crippen LogP contribution >= 0.6 is 0 Å². The van der Waals surface area contributed by atoms with E-state index in [2.05, 4.69) is 5.73 Å². The van der Waals surface area contributed by atoms with Crippen LogP contribution in [0.15, 0.2) is 0 Å². The molecule has 0 aromatic heterocycles. The van der Waals surface area contributed by atoms with E-state index >= 15 is 0 Å². The minimum atomic E-state index is -0.245. The van der Waals surface area contributed by atoms with Gasteiger partial charge in [0.2, 0.25) is 5.91 Å². The molecule has 0 spiro atoms. The third kappa shape index (κ3) is 8.83. The van der Waals surface area contributed by atoms with Gasteiger partial charge in [0, 0.05) is 6.42 Å². The number of carbonyl (C=O) groups excluding carboxylic acids is 1. The molecule has 0 rings (SSSR count). The Hall–Kier alpha value is 0.730. The van der Waals surface area contributed by atoms with Crippen LogP contribution in [0.2, 0.25) is 0 Å². The van der Waals surface area contributed by atoms with Crippen LogP contribution in [0, 0.1) is 0 Å². The van der Waals surface area contributed by atoms with E-state index < -0.39 is 0 Å². The number of carbonyl (C=O) groups is 1. The van der Waals surface area contributed by atoms with Gasteiger partial charge in [0.15, 0.2) is 0 Å². The average Bonchev–Trinajstić information content (AvgIpc) is 1.38. The van der Waals surface area contributed by atoms with E-state index in [4.69, 9.17) is 0 Å². The molecule has 3 heteroatoms. The Morgan fingerprint density at radius 3 is 2.00 bits per heavy atom. The van der Waals surface area contributed by atoms with Crippen molar-refractivity contribution in [2.45, 2.75) is 13.3 Å². The van der Waals surface area contributed by atoms with Gasteiger partial charge in [-0.25, -0.2) is 0 Å². The van der Waals surface area contributed by atoms with E-state index in [0.29, 0.717) is 6.42 Å². The first-order valence-corrected chi connectivity index (χ1v) is 1.55. The molecule has 0 aromatic rings. The molecule has 0 fully saturated rings. The van der Waals surface area contributed by atoms with Gasteiger partial charge in [0.25, 0.3) is 0 Å². The number of rotatable bonds is 1. The van der Waals surface area contributed by atoms with Crippen molar-refractivity contribution in [3.63, 3.8) is 0 Å².